The Labute approximate surface area is 176 Å². The first kappa shape index (κ1) is 23.4. The Bertz CT molecular complexity index is 831. The molecule has 0 unspecified atom stereocenters. The van der Waals surface area contributed by atoms with Crippen molar-refractivity contribution in [2.45, 2.75) is 32.2 Å². The molecule has 0 radical (unpaired) electrons. The van der Waals surface area contributed by atoms with Gasteiger partial charge in [0.15, 0.2) is 5.82 Å². The van der Waals surface area contributed by atoms with Crippen LogP contribution >= 0.6 is 0 Å². The number of carboxylic acid groups (broad SMARTS) is 1. The van der Waals surface area contributed by atoms with E-state index in [0.717, 1.165) is 24.8 Å². The Kier molecular flexibility index (Phi) is 9.30. The van der Waals surface area contributed by atoms with Crippen LogP contribution in [0.5, 0.6) is 5.75 Å². The van der Waals surface area contributed by atoms with E-state index in [1.165, 1.54) is 44.0 Å². The van der Waals surface area contributed by atoms with Crippen molar-refractivity contribution in [3.05, 3.63) is 41.7 Å². The van der Waals surface area contributed by atoms with E-state index in [4.69, 9.17) is 9.84 Å². The summed E-state index contributed by atoms with van der Waals surface area (Å²) in [5.41, 5.74) is 1.29. The van der Waals surface area contributed by atoms with Crippen LogP contribution in [-0.4, -0.2) is 62.5 Å². The molecule has 1 aromatic heterocycles. The number of ether oxygens (including phenoxy) is 1. The van der Waals surface area contributed by atoms with Gasteiger partial charge in [0, 0.05) is 26.2 Å². The Morgan fingerprint density at radius 3 is 2.87 bits per heavy atom. The minimum atomic E-state index is -1.02. The minimum Gasteiger partial charge on any atom is -0.494 e. The highest BCUT2D eigenvalue weighted by molar-refractivity contribution is 5.84. The van der Waals surface area contributed by atoms with E-state index < -0.39 is 5.97 Å². The number of aryl methyl sites for hydroxylation is 1. The SMILES string of the molecule is Cn1nc(C=CC(=O)O)nc1NCCCOc1cccc(CN2CCCCC2)c1.O. The molecule has 0 saturated carbocycles. The summed E-state index contributed by atoms with van der Waals surface area (Å²) in [5, 5.41) is 16.0. The Morgan fingerprint density at radius 1 is 1.30 bits per heavy atom. The van der Waals surface area contributed by atoms with E-state index in [0.29, 0.717) is 24.9 Å². The summed E-state index contributed by atoms with van der Waals surface area (Å²) < 4.78 is 7.49. The lowest BCUT2D eigenvalue weighted by Crippen LogP contribution is -2.29. The molecule has 2 heterocycles. The number of piperidine rings is 1. The van der Waals surface area contributed by atoms with Crippen LogP contribution in [0.2, 0.25) is 0 Å². The molecule has 1 saturated heterocycles. The van der Waals surface area contributed by atoms with Crippen LogP contribution in [0.15, 0.2) is 30.3 Å². The lowest BCUT2D eigenvalue weighted by molar-refractivity contribution is -0.131. The Hall–Kier alpha value is -2.91. The zero-order valence-electron chi connectivity index (χ0n) is 17.4. The highest BCUT2D eigenvalue weighted by Crippen LogP contribution is 2.17. The highest BCUT2D eigenvalue weighted by atomic mass is 16.5. The largest absolute Gasteiger partial charge is 0.494 e. The van der Waals surface area contributed by atoms with Gasteiger partial charge in [-0.15, -0.1) is 0 Å². The number of aliphatic carboxylic acids is 1. The van der Waals surface area contributed by atoms with Crippen LogP contribution in [0.4, 0.5) is 5.95 Å². The first-order valence-corrected chi connectivity index (χ1v) is 10.1. The molecule has 3 rings (SSSR count). The summed E-state index contributed by atoms with van der Waals surface area (Å²) in [6, 6.07) is 8.34. The molecule has 0 atom stereocenters. The molecule has 9 nitrogen and oxygen atoms in total. The Morgan fingerprint density at radius 2 is 2.10 bits per heavy atom. The van der Waals surface area contributed by atoms with Crippen molar-refractivity contribution in [3.8, 4) is 5.75 Å². The summed E-state index contributed by atoms with van der Waals surface area (Å²) >= 11 is 0. The summed E-state index contributed by atoms with van der Waals surface area (Å²) in [4.78, 5) is 17.3. The normalized spacial score (nSPS) is 14.4. The topological polar surface area (TPSA) is 124 Å². The third-order valence-corrected chi connectivity index (χ3v) is 4.78. The Balaban J connectivity index is 0.00000320. The lowest BCUT2D eigenvalue weighted by Gasteiger charge is -2.26. The van der Waals surface area contributed by atoms with Gasteiger partial charge in [-0.1, -0.05) is 18.6 Å². The maximum absolute atomic E-state index is 10.6. The van der Waals surface area contributed by atoms with Crippen LogP contribution < -0.4 is 10.1 Å². The van der Waals surface area contributed by atoms with Crippen LogP contribution in [0.25, 0.3) is 6.08 Å². The standard InChI is InChI=1S/C21H29N5O3.H2O/c1-25-21(23-19(24-25)9-10-20(27)28)22-11-6-14-29-18-8-5-7-17(15-18)16-26-12-3-2-4-13-26;/h5,7-10,15H,2-4,6,11-14,16H2,1H3,(H,27,28)(H,22,23,24);1H2. The van der Waals surface area contributed by atoms with Gasteiger partial charge in [-0.25, -0.2) is 9.48 Å². The summed E-state index contributed by atoms with van der Waals surface area (Å²) in [5.74, 6) is 0.834. The monoisotopic (exact) mass is 417 g/mol. The van der Waals surface area contributed by atoms with Crippen molar-refractivity contribution < 1.29 is 20.1 Å². The van der Waals surface area contributed by atoms with Gasteiger partial charge in [-0.05, 0) is 56.1 Å². The average Bonchev–Trinajstić information content (AvgIpc) is 3.07. The van der Waals surface area contributed by atoms with E-state index in [2.05, 4.69) is 38.5 Å². The molecule has 30 heavy (non-hydrogen) atoms. The van der Waals surface area contributed by atoms with Gasteiger partial charge < -0.3 is 20.6 Å². The number of carbonyl (C=O) groups is 1. The molecule has 1 aliphatic heterocycles. The minimum absolute atomic E-state index is 0. The molecule has 164 valence electrons. The van der Waals surface area contributed by atoms with E-state index in [-0.39, 0.29) is 5.48 Å². The number of aromatic nitrogens is 3. The molecule has 1 fully saturated rings. The second-order valence-electron chi connectivity index (χ2n) is 7.20. The number of carboxylic acids is 1. The van der Waals surface area contributed by atoms with Crippen molar-refractivity contribution in [2.75, 3.05) is 31.6 Å². The van der Waals surface area contributed by atoms with Gasteiger partial charge in [-0.2, -0.15) is 10.1 Å². The van der Waals surface area contributed by atoms with Crippen molar-refractivity contribution in [1.29, 1.82) is 0 Å². The molecule has 0 aliphatic carbocycles. The van der Waals surface area contributed by atoms with Crippen molar-refractivity contribution in [1.82, 2.24) is 19.7 Å². The quantitative estimate of drug-likeness (QED) is 0.447. The fourth-order valence-electron chi connectivity index (χ4n) is 3.35. The second kappa shape index (κ2) is 11.9. The average molecular weight is 418 g/mol. The molecule has 4 N–H and O–H groups in total. The predicted octanol–water partition coefficient (Wildman–Crippen LogP) is 1.96. The number of rotatable bonds is 10. The fraction of sp³-hybridized carbons (Fsp3) is 0.476. The molecule has 0 amide bonds. The van der Waals surface area contributed by atoms with Crippen LogP contribution in [0.3, 0.4) is 0 Å². The van der Waals surface area contributed by atoms with Gasteiger partial charge in [0.1, 0.15) is 5.75 Å². The number of hydrogen-bond donors (Lipinski definition) is 2. The van der Waals surface area contributed by atoms with E-state index in [1.807, 2.05) is 6.07 Å². The van der Waals surface area contributed by atoms with E-state index in [1.54, 1.807) is 11.7 Å². The van der Waals surface area contributed by atoms with Gasteiger partial charge in [-0.3, -0.25) is 4.90 Å². The zero-order chi connectivity index (χ0) is 20.5. The molecule has 1 aliphatic rings. The highest BCUT2D eigenvalue weighted by Gasteiger charge is 2.10. The smallest absolute Gasteiger partial charge is 0.328 e. The van der Waals surface area contributed by atoms with Crippen LogP contribution in [-0.2, 0) is 18.4 Å². The molecule has 2 aromatic rings. The summed E-state index contributed by atoms with van der Waals surface area (Å²) in [6.45, 7) is 4.65. The lowest BCUT2D eigenvalue weighted by atomic mass is 10.1. The molecular formula is C21H31N5O4. The van der Waals surface area contributed by atoms with Gasteiger partial charge >= 0.3 is 5.97 Å². The summed E-state index contributed by atoms with van der Waals surface area (Å²) in [7, 11) is 1.76. The van der Waals surface area contributed by atoms with Gasteiger partial charge in [0.05, 0.1) is 6.61 Å². The molecular weight excluding hydrogens is 386 g/mol. The first-order chi connectivity index (χ1) is 14.1. The van der Waals surface area contributed by atoms with Gasteiger partial charge in [0.25, 0.3) is 0 Å². The van der Waals surface area contributed by atoms with Gasteiger partial charge in [0.2, 0.25) is 5.95 Å². The van der Waals surface area contributed by atoms with Crippen molar-refractivity contribution >= 4 is 18.0 Å². The maximum Gasteiger partial charge on any atom is 0.328 e. The second-order valence-corrected chi connectivity index (χ2v) is 7.20. The number of nitrogens with zero attached hydrogens (tertiary/aromatic N) is 4. The van der Waals surface area contributed by atoms with Crippen molar-refractivity contribution in [3.63, 3.8) is 0 Å². The fourth-order valence-corrected chi connectivity index (χ4v) is 3.35. The van der Waals surface area contributed by atoms with Crippen molar-refractivity contribution in [2.24, 2.45) is 7.05 Å². The third kappa shape index (κ3) is 7.49. The van der Waals surface area contributed by atoms with Crippen LogP contribution in [0.1, 0.15) is 37.1 Å². The molecule has 9 heteroatoms. The number of hydrogen-bond acceptors (Lipinski definition) is 6. The van der Waals surface area contributed by atoms with Crippen LogP contribution in [0, 0.1) is 0 Å². The van der Waals surface area contributed by atoms with E-state index in [9.17, 15) is 4.79 Å². The number of anilines is 1. The number of nitrogens with one attached hydrogen (secondary N) is 1. The number of likely N-dealkylation sites (tertiary alicyclic amines) is 1. The molecule has 1 aromatic carbocycles. The zero-order valence-corrected chi connectivity index (χ0v) is 17.4. The summed E-state index contributed by atoms with van der Waals surface area (Å²) in [6.07, 6.45) is 7.14. The maximum atomic E-state index is 10.6. The third-order valence-electron chi connectivity index (χ3n) is 4.78. The molecule has 0 bridgehead atoms. The first-order valence-electron chi connectivity index (χ1n) is 10.1. The predicted molar refractivity (Wildman–Crippen MR) is 115 cm³/mol. The molecule has 0 spiro atoms. The van der Waals surface area contributed by atoms with E-state index >= 15 is 0 Å². The number of benzene rings is 1.